The highest BCUT2D eigenvalue weighted by molar-refractivity contribution is 9.10. The Labute approximate surface area is 275 Å². The summed E-state index contributed by atoms with van der Waals surface area (Å²) in [5.41, 5.74) is 3.98. The molecule has 0 aliphatic heterocycles. The van der Waals surface area contributed by atoms with Crippen molar-refractivity contribution in [3.05, 3.63) is 130 Å². The summed E-state index contributed by atoms with van der Waals surface area (Å²) in [4.78, 5) is 30.1. The zero-order valence-corrected chi connectivity index (χ0v) is 28.5. The zero-order chi connectivity index (χ0) is 32.6. The Hall–Kier alpha value is -3.95. The van der Waals surface area contributed by atoms with E-state index < -0.39 is 28.5 Å². The van der Waals surface area contributed by atoms with Gasteiger partial charge in [-0.1, -0.05) is 95.1 Å². The maximum absolute atomic E-state index is 14.6. The normalized spacial score (nSPS) is 12.6. The number of aryl methyl sites for hydroxylation is 2. The summed E-state index contributed by atoms with van der Waals surface area (Å²) in [6.45, 7) is 7.39. The van der Waals surface area contributed by atoms with Gasteiger partial charge in [0.1, 0.15) is 12.6 Å². The lowest BCUT2D eigenvalue weighted by Crippen LogP contribution is -2.54. The predicted molar refractivity (Wildman–Crippen MR) is 183 cm³/mol. The van der Waals surface area contributed by atoms with Crippen molar-refractivity contribution >= 4 is 43.5 Å². The molecule has 2 atom stereocenters. The van der Waals surface area contributed by atoms with Crippen LogP contribution in [0.3, 0.4) is 0 Å². The van der Waals surface area contributed by atoms with Gasteiger partial charge in [-0.05, 0) is 80.3 Å². The summed E-state index contributed by atoms with van der Waals surface area (Å²) in [6, 6.07) is 29.6. The molecule has 0 fully saturated rings. The fraction of sp³-hybridized carbons (Fsp3) is 0.278. The summed E-state index contributed by atoms with van der Waals surface area (Å²) >= 11 is 3.42. The van der Waals surface area contributed by atoms with Crippen LogP contribution in [0.2, 0.25) is 0 Å². The molecular weight excluding hydrogens is 650 g/mol. The topological polar surface area (TPSA) is 86.8 Å². The number of carbonyl (C=O) groups is 2. The van der Waals surface area contributed by atoms with Crippen LogP contribution in [-0.2, 0) is 32.6 Å². The van der Waals surface area contributed by atoms with E-state index in [4.69, 9.17) is 0 Å². The fourth-order valence-electron chi connectivity index (χ4n) is 4.94. The van der Waals surface area contributed by atoms with Gasteiger partial charge in [-0.2, -0.15) is 0 Å². The van der Waals surface area contributed by atoms with Crippen LogP contribution in [0.4, 0.5) is 5.69 Å². The van der Waals surface area contributed by atoms with Gasteiger partial charge in [0.25, 0.3) is 10.0 Å². The van der Waals surface area contributed by atoms with E-state index in [0.717, 1.165) is 37.5 Å². The van der Waals surface area contributed by atoms with Gasteiger partial charge in [0.05, 0.1) is 10.6 Å². The third-order valence-corrected chi connectivity index (χ3v) is 10.2. The minimum atomic E-state index is -4.15. The fourth-order valence-corrected chi connectivity index (χ4v) is 6.62. The number of benzene rings is 4. The molecule has 0 saturated carbocycles. The van der Waals surface area contributed by atoms with Crippen LogP contribution >= 0.6 is 15.9 Å². The molecule has 4 aromatic rings. The largest absolute Gasteiger partial charge is 0.352 e. The van der Waals surface area contributed by atoms with Crippen molar-refractivity contribution < 1.29 is 18.0 Å². The molecular formula is C36H40BrN3O4S. The number of halogens is 1. The van der Waals surface area contributed by atoms with Crippen molar-refractivity contribution in [1.82, 2.24) is 10.2 Å². The first-order valence-corrected chi connectivity index (χ1v) is 17.3. The van der Waals surface area contributed by atoms with Crippen LogP contribution in [0.15, 0.2) is 112 Å². The second kappa shape index (κ2) is 15.4. The first-order chi connectivity index (χ1) is 21.5. The van der Waals surface area contributed by atoms with Crippen molar-refractivity contribution in [3.8, 4) is 0 Å². The average Bonchev–Trinajstić information content (AvgIpc) is 3.03. The number of nitrogens with zero attached hydrogens (tertiary/aromatic N) is 2. The average molecular weight is 691 g/mol. The van der Waals surface area contributed by atoms with E-state index >= 15 is 0 Å². The molecule has 0 heterocycles. The minimum absolute atomic E-state index is 0.0737. The molecule has 4 rings (SSSR count). The predicted octanol–water partition coefficient (Wildman–Crippen LogP) is 6.82. The Morgan fingerprint density at radius 3 is 2.09 bits per heavy atom. The highest BCUT2D eigenvalue weighted by atomic mass is 79.9. The van der Waals surface area contributed by atoms with Crippen molar-refractivity contribution in [1.29, 1.82) is 0 Å². The molecule has 45 heavy (non-hydrogen) atoms. The molecule has 9 heteroatoms. The number of hydrogen-bond donors (Lipinski definition) is 1. The van der Waals surface area contributed by atoms with Gasteiger partial charge in [-0.15, -0.1) is 0 Å². The van der Waals surface area contributed by atoms with Crippen molar-refractivity contribution in [2.75, 3.05) is 10.8 Å². The molecule has 0 aliphatic rings. The minimum Gasteiger partial charge on any atom is -0.352 e. The Morgan fingerprint density at radius 2 is 1.47 bits per heavy atom. The summed E-state index contributed by atoms with van der Waals surface area (Å²) < 4.78 is 30.2. The maximum atomic E-state index is 14.6. The lowest BCUT2D eigenvalue weighted by Gasteiger charge is -2.34. The van der Waals surface area contributed by atoms with Gasteiger partial charge in [0, 0.05) is 23.5 Å². The van der Waals surface area contributed by atoms with Crippen LogP contribution in [0.25, 0.3) is 0 Å². The van der Waals surface area contributed by atoms with Crippen LogP contribution in [0.5, 0.6) is 0 Å². The third kappa shape index (κ3) is 8.83. The molecule has 0 saturated heterocycles. The Morgan fingerprint density at radius 1 is 0.844 bits per heavy atom. The lowest BCUT2D eigenvalue weighted by atomic mass is 10.0. The maximum Gasteiger partial charge on any atom is 0.264 e. The molecule has 7 nitrogen and oxygen atoms in total. The van der Waals surface area contributed by atoms with Gasteiger partial charge in [-0.3, -0.25) is 13.9 Å². The highest BCUT2D eigenvalue weighted by Gasteiger charge is 2.35. The molecule has 0 aliphatic carbocycles. The lowest BCUT2D eigenvalue weighted by molar-refractivity contribution is -0.140. The summed E-state index contributed by atoms with van der Waals surface area (Å²) in [5.74, 6) is -0.774. The van der Waals surface area contributed by atoms with Crippen molar-refractivity contribution in [2.24, 2.45) is 0 Å². The second-order valence-electron chi connectivity index (χ2n) is 11.3. The standard InChI is InChI=1S/C36H40BrN3O4S/c1-5-28(4)38-36(42)34(23-29-12-7-6-8-13-29)39(24-30-14-10-9-11-27(30)3)35(41)25-40(32-19-17-31(37)18-20-32)45(43,44)33-21-15-26(2)16-22-33/h6-22,28,34H,5,23-25H2,1-4H3,(H,38,42)/t28-,34+/m1/s1. The van der Waals surface area contributed by atoms with E-state index in [9.17, 15) is 18.0 Å². The van der Waals surface area contributed by atoms with E-state index in [-0.39, 0.29) is 29.8 Å². The first-order valence-electron chi connectivity index (χ1n) is 15.0. The molecule has 2 amide bonds. The van der Waals surface area contributed by atoms with Crippen molar-refractivity contribution in [3.63, 3.8) is 0 Å². The first kappa shape index (κ1) is 33.9. The summed E-state index contributed by atoms with van der Waals surface area (Å²) in [7, 11) is -4.15. The Bertz CT molecular complexity index is 1690. The summed E-state index contributed by atoms with van der Waals surface area (Å²) in [6.07, 6.45) is 0.991. The molecule has 0 radical (unpaired) electrons. The monoisotopic (exact) mass is 689 g/mol. The number of nitrogens with one attached hydrogen (secondary N) is 1. The van der Waals surface area contributed by atoms with Crippen LogP contribution in [-0.4, -0.2) is 43.8 Å². The van der Waals surface area contributed by atoms with E-state index in [2.05, 4.69) is 21.2 Å². The van der Waals surface area contributed by atoms with Crippen LogP contribution < -0.4 is 9.62 Å². The van der Waals surface area contributed by atoms with Crippen LogP contribution in [0, 0.1) is 13.8 Å². The highest BCUT2D eigenvalue weighted by Crippen LogP contribution is 2.27. The van der Waals surface area contributed by atoms with Crippen molar-refractivity contribution in [2.45, 2.75) is 64.1 Å². The molecule has 1 N–H and O–H groups in total. The van der Waals surface area contributed by atoms with Gasteiger partial charge in [0.15, 0.2) is 0 Å². The van der Waals surface area contributed by atoms with E-state index in [1.807, 2.05) is 82.3 Å². The molecule has 4 aromatic carbocycles. The van der Waals surface area contributed by atoms with Gasteiger partial charge >= 0.3 is 0 Å². The number of anilines is 1. The van der Waals surface area contributed by atoms with Gasteiger partial charge < -0.3 is 10.2 Å². The third-order valence-electron chi connectivity index (χ3n) is 7.88. The van der Waals surface area contributed by atoms with E-state index in [1.165, 1.54) is 4.90 Å². The quantitative estimate of drug-likeness (QED) is 0.167. The number of rotatable bonds is 13. The smallest absolute Gasteiger partial charge is 0.264 e. The molecule has 0 aromatic heterocycles. The molecule has 236 valence electrons. The molecule has 0 spiro atoms. The Balaban J connectivity index is 1.81. The SMILES string of the molecule is CC[C@@H](C)NC(=O)[C@H](Cc1ccccc1)N(Cc1ccccc1C)C(=O)CN(c1ccc(Br)cc1)S(=O)(=O)c1ccc(C)cc1. The van der Waals surface area contributed by atoms with E-state index in [1.54, 1.807) is 48.5 Å². The van der Waals surface area contributed by atoms with Gasteiger partial charge in [0.2, 0.25) is 11.8 Å². The summed E-state index contributed by atoms with van der Waals surface area (Å²) in [5, 5.41) is 3.07. The molecule has 0 bridgehead atoms. The number of carbonyl (C=O) groups excluding carboxylic acids is 2. The Kier molecular flexibility index (Phi) is 11.6. The number of sulfonamides is 1. The number of hydrogen-bond acceptors (Lipinski definition) is 4. The number of amides is 2. The molecule has 0 unspecified atom stereocenters. The van der Waals surface area contributed by atoms with E-state index in [0.29, 0.717) is 5.69 Å². The van der Waals surface area contributed by atoms with Crippen LogP contribution in [0.1, 0.15) is 42.5 Å². The second-order valence-corrected chi connectivity index (χ2v) is 14.1. The zero-order valence-electron chi connectivity index (χ0n) is 26.1. The van der Waals surface area contributed by atoms with Gasteiger partial charge in [-0.25, -0.2) is 8.42 Å².